The van der Waals surface area contributed by atoms with Crippen LogP contribution < -0.4 is 9.47 Å². The molecule has 1 N–H and O–H groups in total. The quantitative estimate of drug-likeness (QED) is 0.510. The van der Waals surface area contributed by atoms with Crippen molar-refractivity contribution >= 4 is 5.97 Å². The number of ether oxygens (including phenoxy) is 2. The molecule has 1 fully saturated rings. The summed E-state index contributed by atoms with van der Waals surface area (Å²) < 4.78 is 40.8. The minimum atomic E-state index is -0.780. The predicted molar refractivity (Wildman–Crippen MR) is 114 cm³/mol. The number of carbonyl (C=O) groups is 1. The van der Waals surface area contributed by atoms with Gasteiger partial charge in [0.15, 0.2) is 11.6 Å². The van der Waals surface area contributed by atoms with E-state index in [1.54, 1.807) is 12.1 Å². The zero-order chi connectivity index (χ0) is 23.1. The van der Waals surface area contributed by atoms with Crippen LogP contribution in [-0.4, -0.2) is 11.1 Å². The summed E-state index contributed by atoms with van der Waals surface area (Å²) in [6.45, 7) is 0. The first-order valence-electron chi connectivity index (χ1n) is 10.6. The van der Waals surface area contributed by atoms with Crippen molar-refractivity contribution in [2.75, 3.05) is 0 Å². The van der Waals surface area contributed by atoms with Crippen LogP contribution in [0.25, 0.3) is 0 Å². The maximum atomic E-state index is 14.7. The third kappa shape index (κ3) is 4.00. The second-order valence-corrected chi connectivity index (χ2v) is 8.30. The minimum Gasteiger partial charge on any atom is -0.486 e. The number of hydrogen-bond acceptors (Lipinski definition) is 4. The van der Waals surface area contributed by atoms with Crippen LogP contribution in [0.1, 0.15) is 47.1 Å². The fourth-order valence-electron chi connectivity index (χ4n) is 4.42. The summed E-state index contributed by atoms with van der Waals surface area (Å²) in [6.07, 6.45) is 1.16. The van der Waals surface area contributed by atoms with E-state index in [0.29, 0.717) is 41.9 Å². The molecule has 7 heteroatoms. The highest BCUT2D eigenvalue weighted by molar-refractivity contribution is 5.75. The van der Waals surface area contributed by atoms with Gasteiger partial charge in [-0.25, -0.2) is 8.78 Å². The van der Waals surface area contributed by atoms with Crippen molar-refractivity contribution in [3.63, 3.8) is 0 Å². The number of carboxylic acid groups (broad SMARTS) is 1. The van der Waals surface area contributed by atoms with Crippen LogP contribution in [0.4, 0.5) is 8.78 Å². The number of nitriles is 1. The molecule has 0 saturated heterocycles. The van der Waals surface area contributed by atoms with Crippen LogP contribution in [0, 0.1) is 28.9 Å². The lowest BCUT2D eigenvalue weighted by Gasteiger charge is -2.17. The second kappa shape index (κ2) is 8.21. The van der Waals surface area contributed by atoms with E-state index in [1.165, 1.54) is 24.3 Å². The molecule has 5 nitrogen and oxygen atoms in total. The molecule has 2 aliphatic rings. The van der Waals surface area contributed by atoms with Crippen LogP contribution in [0.15, 0.2) is 54.6 Å². The Morgan fingerprint density at radius 1 is 1.03 bits per heavy atom. The van der Waals surface area contributed by atoms with Crippen LogP contribution in [0.3, 0.4) is 0 Å². The van der Waals surface area contributed by atoms with Crippen molar-refractivity contribution in [3.05, 3.63) is 88.5 Å². The van der Waals surface area contributed by atoms with Gasteiger partial charge in [-0.1, -0.05) is 12.1 Å². The topological polar surface area (TPSA) is 79.5 Å². The molecule has 33 heavy (non-hydrogen) atoms. The number of halogens is 2. The van der Waals surface area contributed by atoms with Gasteiger partial charge in [0, 0.05) is 11.1 Å². The first-order chi connectivity index (χ1) is 15.9. The predicted octanol–water partition coefficient (Wildman–Crippen LogP) is 5.88. The van der Waals surface area contributed by atoms with E-state index in [2.05, 4.69) is 0 Å². The highest BCUT2D eigenvalue weighted by Gasteiger charge is 2.44. The molecule has 3 aromatic rings. The Kier molecular flexibility index (Phi) is 5.21. The van der Waals surface area contributed by atoms with Gasteiger partial charge in [0.05, 0.1) is 17.6 Å². The normalized spacial score (nSPS) is 20.6. The van der Waals surface area contributed by atoms with Gasteiger partial charge in [0.1, 0.15) is 23.4 Å². The lowest BCUT2D eigenvalue weighted by atomic mass is 10.1. The van der Waals surface area contributed by atoms with Crippen LogP contribution in [-0.2, 0) is 11.2 Å². The van der Waals surface area contributed by atoms with Crippen molar-refractivity contribution < 1.29 is 28.2 Å². The largest absolute Gasteiger partial charge is 0.486 e. The molecule has 2 aliphatic carbocycles. The summed E-state index contributed by atoms with van der Waals surface area (Å²) in [7, 11) is 0. The smallest absolute Gasteiger partial charge is 0.307 e. The molecule has 3 atom stereocenters. The molecular weight excluding hydrogens is 428 g/mol. The highest BCUT2D eigenvalue weighted by atomic mass is 19.1. The molecule has 3 aromatic carbocycles. The molecular formula is C26H19F2NO4. The van der Waals surface area contributed by atoms with Gasteiger partial charge < -0.3 is 14.6 Å². The average molecular weight is 447 g/mol. The highest BCUT2D eigenvalue weighted by Crippen LogP contribution is 2.48. The summed E-state index contributed by atoms with van der Waals surface area (Å²) >= 11 is 0. The maximum Gasteiger partial charge on any atom is 0.307 e. The van der Waals surface area contributed by atoms with E-state index in [-0.39, 0.29) is 23.1 Å². The summed E-state index contributed by atoms with van der Waals surface area (Å²) in [4.78, 5) is 11.1. The zero-order valence-corrected chi connectivity index (χ0v) is 17.4. The molecule has 166 valence electrons. The fourth-order valence-corrected chi connectivity index (χ4v) is 4.42. The molecule has 0 unspecified atom stereocenters. The molecule has 5 rings (SSSR count). The van der Waals surface area contributed by atoms with E-state index < -0.39 is 23.7 Å². The van der Waals surface area contributed by atoms with Gasteiger partial charge in [0.2, 0.25) is 0 Å². The summed E-state index contributed by atoms with van der Waals surface area (Å²) in [5, 5.41) is 18.0. The number of benzene rings is 3. The maximum absolute atomic E-state index is 14.7. The Balaban J connectivity index is 1.34. The van der Waals surface area contributed by atoms with Crippen molar-refractivity contribution in [1.82, 2.24) is 0 Å². The third-order valence-corrected chi connectivity index (χ3v) is 6.21. The number of fused-ring (bicyclic) bond motifs is 1. The lowest BCUT2D eigenvalue weighted by Crippen LogP contribution is -2.06. The Bertz CT molecular complexity index is 1280. The van der Waals surface area contributed by atoms with Gasteiger partial charge in [-0.3, -0.25) is 4.79 Å². The number of aliphatic carboxylic acids is 1. The van der Waals surface area contributed by atoms with Gasteiger partial charge in [-0.05, 0) is 73.2 Å². The Morgan fingerprint density at radius 2 is 1.79 bits per heavy atom. The molecule has 0 radical (unpaired) electrons. The number of carboxylic acids is 1. The van der Waals surface area contributed by atoms with E-state index in [4.69, 9.17) is 19.8 Å². The monoisotopic (exact) mass is 447 g/mol. The van der Waals surface area contributed by atoms with Gasteiger partial charge in [-0.15, -0.1) is 0 Å². The lowest BCUT2D eigenvalue weighted by molar-refractivity contribution is -0.138. The van der Waals surface area contributed by atoms with Crippen LogP contribution >= 0.6 is 0 Å². The number of nitrogens with zero attached hydrogens (tertiary/aromatic N) is 1. The van der Waals surface area contributed by atoms with Gasteiger partial charge >= 0.3 is 5.97 Å². The SMILES string of the molecule is N#Cc1ccc(Oc2ccc(F)c3c2CC[C@H]3Oc2ccc([C@H]3C[C@@H]3C(=O)O)cc2)c(F)c1. The Hall–Kier alpha value is -3.92. The van der Waals surface area contributed by atoms with E-state index in [0.717, 1.165) is 11.6 Å². The first kappa shape index (κ1) is 21.0. The van der Waals surface area contributed by atoms with Crippen molar-refractivity contribution in [2.24, 2.45) is 5.92 Å². The molecule has 0 aliphatic heterocycles. The standard InChI is InChI=1S/C26H19F2NO4/c27-20-7-10-22(33-23-8-1-14(13-29)11-21(23)28)17-6-9-24(25(17)20)32-16-4-2-15(3-5-16)18-12-19(18)26(30)31/h1-5,7-8,10-11,18-19,24H,6,9,12H2,(H,30,31)/t18-,19+,24-/m1/s1. The third-order valence-electron chi connectivity index (χ3n) is 6.21. The molecule has 0 heterocycles. The molecule has 0 spiro atoms. The van der Waals surface area contributed by atoms with E-state index in [9.17, 15) is 13.6 Å². The summed E-state index contributed by atoms with van der Waals surface area (Å²) in [5.74, 6) is -1.29. The van der Waals surface area contributed by atoms with E-state index >= 15 is 0 Å². The first-order valence-corrected chi connectivity index (χ1v) is 10.6. The fraction of sp³-hybridized carbons (Fsp3) is 0.231. The Morgan fingerprint density at radius 3 is 2.45 bits per heavy atom. The minimum absolute atomic E-state index is 0.0310. The number of rotatable bonds is 6. The Labute approximate surface area is 188 Å². The van der Waals surface area contributed by atoms with Crippen molar-refractivity contribution in [1.29, 1.82) is 5.26 Å². The zero-order valence-electron chi connectivity index (χ0n) is 17.4. The summed E-state index contributed by atoms with van der Waals surface area (Å²) in [5.41, 5.74) is 2.15. The molecule has 0 amide bonds. The molecule has 0 bridgehead atoms. The van der Waals surface area contributed by atoms with Crippen molar-refractivity contribution in [3.8, 4) is 23.3 Å². The summed E-state index contributed by atoms with van der Waals surface area (Å²) in [6, 6.07) is 15.8. The molecule has 0 aromatic heterocycles. The number of hydrogen-bond donors (Lipinski definition) is 1. The van der Waals surface area contributed by atoms with Gasteiger partial charge in [-0.2, -0.15) is 5.26 Å². The second-order valence-electron chi connectivity index (χ2n) is 8.30. The van der Waals surface area contributed by atoms with Crippen LogP contribution in [0.5, 0.6) is 17.2 Å². The van der Waals surface area contributed by atoms with Crippen LogP contribution in [0.2, 0.25) is 0 Å². The molecule has 1 saturated carbocycles. The van der Waals surface area contributed by atoms with E-state index in [1.807, 2.05) is 18.2 Å². The van der Waals surface area contributed by atoms with Crippen molar-refractivity contribution in [2.45, 2.75) is 31.3 Å². The average Bonchev–Trinajstić information content (AvgIpc) is 3.51. The van der Waals surface area contributed by atoms with Gasteiger partial charge in [0.25, 0.3) is 0 Å².